The van der Waals surface area contributed by atoms with E-state index in [2.05, 4.69) is 10.3 Å². The number of halogens is 2. The molecule has 2 aromatic heterocycles. The molecule has 1 atom stereocenters. The van der Waals surface area contributed by atoms with Gasteiger partial charge in [-0.15, -0.1) is 11.3 Å². The molecule has 0 aliphatic carbocycles. The Balaban J connectivity index is 1.70. The van der Waals surface area contributed by atoms with Crippen molar-refractivity contribution in [2.24, 2.45) is 0 Å². The van der Waals surface area contributed by atoms with Crippen molar-refractivity contribution in [3.8, 4) is 11.1 Å². The Kier molecular flexibility index (Phi) is 5.17. The highest BCUT2D eigenvalue weighted by atomic mass is 35.5. The Labute approximate surface area is 174 Å². The lowest BCUT2D eigenvalue weighted by atomic mass is 10.1. The maximum absolute atomic E-state index is 13.3. The summed E-state index contributed by atoms with van der Waals surface area (Å²) in [6, 6.07) is 11.8. The molecule has 2 heterocycles. The standard InChI is InChI=1S/C21H15ClFN3O2S/c1-12(19(27)25-16-8-4-14(22)5-9-16)26-11-24-20-18(21(26)28)17(10-29-20)13-2-6-15(23)7-3-13/h2-12H,1H3,(H,25,27). The number of carbonyl (C=O) groups is 1. The predicted molar refractivity (Wildman–Crippen MR) is 114 cm³/mol. The Bertz CT molecular complexity index is 1250. The third kappa shape index (κ3) is 3.79. The molecule has 0 bridgehead atoms. The van der Waals surface area contributed by atoms with Crippen molar-refractivity contribution in [1.29, 1.82) is 0 Å². The molecule has 2 aromatic carbocycles. The summed E-state index contributed by atoms with van der Waals surface area (Å²) in [5.41, 5.74) is 1.64. The minimum atomic E-state index is -0.781. The first kappa shape index (κ1) is 19.3. The van der Waals surface area contributed by atoms with Crippen LogP contribution in [0.2, 0.25) is 5.02 Å². The second-order valence-electron chi connectivity index (χ2n) is 6.47. The fraction of sp³-hybridized carbons (Fsp3) is 0.0952. The van der Waals surface area contributed by atoms with Gasteiger partial charge in [0.1, 0.15) is 16.7 Å². The molecule has 4 aromatic rings. The zero-order valence-electron chi connectivity index (χ0n) is 15.2. The SMILES string of the molecule is CC(C(=O)Nc1ccc(Cl)cc1)n1cnc2scc(-c3ccc(F)cc3)c2c1=O. The van der Waals surface area contributed by atoms with Crippen LogP contribution in [0.25, 0.3) is 21.3 Å². The molecule has 1 unspecified atom stereocenters. The van der Waals surface area contributed by atoms with Crippen LogP contribution < -0.4 is 10.9 Å². The number of nitrogens with one attached hydrogen (secondary N) is 1. The highest BCUT2D eigenvalue weighted by Gasteiger charge is 2.20. The van der Waals surface area contributed by atoms with E-state index in [0.717, 1.165) is 0 Å². The van der Waals surface area contributed by atoms with E-state index in [9.17, 15) is 14.0 Å². The topological polar surface area (TPSA) is 64.0 Å². The summed E-state index contributed by atoms with van der Waals surface area (Å²) in [7, 11) is 0. The molecule has 29 heavy (non-hydrogen) atoms. The van der Waals surface area contributed by atoms with Crippen LogP contribution in [0.1, 0.15) is 13.0 Å². The molecule has 8 heteroatoms. The van der Waals surface area contributed by atoms with E-state index in [1.807, 2.05) is 5.38 Å². The second kappa shape index (κ2) is 7.77. The first-order chi connectivity index (χ1) is 13.9. The van der Waals surface area contributed by atoms with Crippen molar-refractivity contribution in [2.45, 2.75) is 13.0 Å². The van der Waals surface area contributed by atoms with Gasteiger partial charge in [-0.1, -0.05) is 23.7 Å². The van der Waals surface area contributed by atoms with E-state index in [1.54, 1.807) is 43.3 Å². The summed E-state index contributed by atoms with van der Waals surface area (Å²) in [4.78, 5) is 30.7. The number of anilines is 1. The van der Waals surface area contributed by atoms with Gasteiger partial charge < -0.3 is 5.32 Å². The third-order valence-corrected chi connectivity index (χ3v) is 5.72. The van der Waals surface area contributed by atoms with Gasteiger partial charge in [-0.3, -0.25) is 14.2 Å². The first-order valence-corrected chi connectivity index (χ1v) is 10.0. The molecule has 1 N–H and O–H groups in total. The second-order valence-corrected chi connectivity index (χ2v) is 7.76. The monoisotopic (exact) mass is 427 g/mol. The number of thiophene rings is 1. The van der Waals surface area contributed by atoms with E-state index >= 15 is 0 Å². The van der Waals surface area contributed by atoms with Crippen LogP contribution in [0, 0.1) is 5.82 Å². The minimum Gasteiger partial charge on any atom is -0.324 e. The maximum Gasteiger partial charge on any atom is 0.263 e. The van der Waals surface area contributed by atoms with Crippen LogP contribution in [-0.2, 0) is 4.79 Å². The van der Waals surface area contributed by atoms with Gasteiger partial charge in [-0.2, -0.15) is 0 Å². The molecule has 0 radical (unpaired) electrons. The molecule has 0 aliphatic heterocycles. The molecule has 1 amide bonds. The van der Waals surface area contributed by atoms with Crippen molar-refractivity contribution >= 4 is 44.7 Å². The lowest BCUT2D eigenvalue weighted by molar-refractivity contribution is -0.118. The fourth-order valence-electron chi connectivity index (χ4n) is 2.97. The Morgan fingerprint density at radius 2 is 1.86 bits per heavy atom. The van der Waals surface area contributed by atoms with E-state index in [0.29, 0.717) is 32.1 Å². The number of carbonyl (C=O) groups excluding carboxylic acids is 1. The van der Waals surface area contributed by atoms with Crippen molar-refractivity contribution in [3.05, 3.63) is 81.4 Å². The van der Waals surface area contributed by atoms with Crippen LogP contribution in [0.3, 0.4) is 0 Å². The summed E-state index contributed by atoms with van der Waals surface area (Å²) >= 11 is 7.19. The van der Waals surface area contributed by atoms with Crippen molar-refractivity contribution in [2.75, 3.05) is 5.32 Å². The smallest absolute Gasteiger partial charge is 0.263 e. The minimum absolute atomic E-state index is 0.325. The molecule has 0 saturated heterocycles. The van der Waals surface area contributed by atoms with Crippen molar-refractivity contribution in [3.63, 3.8) is 0 Å². The average molecular weight is 428 g/mol. The first-order valence-electron chi connectivity index (χ1n) is 8.75. The Morgan fingerprint density at radius 1 is 1.17 bits per heavy atom. The van der Waals surface area contributed by atoms with Crippen molar-refractivity contribution < 1.29 is 9.18 Å². The number of benzene rings is 2. The van der Waals surface area contributed by atoms with Gasteiger partial charge >= 0.3 is 0 Å². The van der Waals surface area contributed by atoms with E-state index in [4.69, 9.17) is 11.6 Å². The number of aromatic nitrogens is 2. The maximum atomic E-state index is 13.3. The normalized spacial score (nSPS) is 12.1. The lowest BCUT2D eigenvalue weighted by Gasteiger charge is -2.15. The number of hydrogen-bond donors (Lipinski definition) is 1. The van der Waals surface area contributed by atoms with Gasteiger partial charge in [0.15, 0.2) is 0 Å². The molecule has 146 valence electrons. The highest BCUT2D eigenvalue weighted by Crippen LogP contribution is 2.31. The summed E-state index contributed by atoms with van der Waals surface area (Å²) in [6.45, 7) is 1.63. The van der Waals surface area contributed by atoms with Gasteiger partial charge in [0.2, 0.25) is 5.91 Å². The molecule has 0 saturated carbocycles. The van der Waals surface area contributed by atoms with E-state index in [1.165, 1.54) is 34.4 Å². The van der Waals surface area contributed by atoms with Crippen LogP contribution in [-0.4, -0.2) is 15.5 Å². The van der Waals surface area contributed by atoms with Gasteiger partial charge in [0.25, 0.3) is 5.56 Å². The van der Waals surface area contributed by atoms with Crippen LogP contribution in [0.5, 0.6) is 0 Å². The number of amides is 1. The summed E-state index contributed by atoms with van der Waals surface area (Å²) < 4.78 is 14.6. The van der Waals surface area contributed by atoms with Gasteiger partial charge in [-0.05, 0) is 48.9 Å². The van der Waals surface area contributed by atoms with Crippen LogP contribution in [0.4, 0.5) is 10.1 Å². The zero-order chi connectivity index (χ0) is 20.5. The molecular formula is C21H15ClFN3O2S. The molecule has 4 rings (SSSR count). The molecule has 0 aliphatic rings. The number of fused-ring (bicyclic) bond motifs is 1. The Hall–Kier alpha value is -3.03. The van der Waals surface area contributed by atoms with Crippen LogP contribution in [0.15, 0.2) is 65.0 Å². The van der Waals surface area contributed by atoms with Gasteiger partial charge in [0, 0.05) is 21.7 Å². The summed E-state index contributed by atoms with van der Waals surface area (Å²) in [6.07, 6.45) is 1.38. The van der Waals surface area contributed by atoms with Gasteiger partial charge in [0.05, 0.1) is 11.7 Å². The lowest BCUT2D eigenvalue weighted by Crippen LogP contribution is -2.31. The Morgan fingerprint density at radius 3 is 2.55 bits per heavy atom. The van der Waals surface area contributed by atoms with Crippen LogP contribution >= 0.6 is 22.9 Å². The largest absolute Gasteiger partial charge is 0.324 e. The summed E-state index contributed by atoms with van der Waals surface area (Å²) in [5, 5.41) is 5.55. The fourth-order valence-corrected chi connectivity index (χ4v) is 4.00. The molecular weight excluding hydrogens is 413 g/mol. The van der Waals surface area contributed by atoms with E-state index in [-0.39, 0.29) is 17.3 Å². The number of hydrogen-bond acceptors (Lipinski definition) is 4. The number of nitrogens with zero attached hydrogens (tertiary/aromatic N) is 2. The molecule has 5 nitrogen and oxygen atoms in total. The van der Waals surface area contributed by atoms with Gasteiger partial charge in [-0.25, -0.2) is 9.37 Å². The zero-order valence-corrected chi connectivity index (χ0v) is 16.8. The quantitative estimate of drug-likeness (QED) is 0.491. The van der Waals surface area contributed by atoms with E-state index < -0.39 is 6.04 Å². The number of rotatable bonds is 4. The average Bonchev–Trinajstić information content (AvgIpc) is 3.15. The third-order valence-electron chi connectivity index (χ3n) is 4.58. The molecule has 0 spiro atoms. The van der Waals surface area contributed by atoms with Crippen molar-refractivity contribution in [1.82, 2.24) is 9.55 Å². The molecule has 0 fully saturated rings. The predicted octanol–water partition coefficient (Wildman–Crippen LogP) is 5.12. The summed E-state index contributed by atoms with van der Waals surface area (Å²) in [5.74, 6) is -0.703. The highest BCUT2D eigenvalue weighted by molar-refractivity contribution is 7.17.